The van der Waals surface area contributed by atoms with Gasteiger partial charge >= 0.3 is 0 Å². The molecule has 0 bridgehead atoms. The van der Waals surface area contributed by atoms with E-state index in [-0.39, 0.29) is 5.54 Å². The summed E-state index contributed by atoms with van der Waals surface area (Å²) >= 11 is 0. The maximum Gasteiger partial charge on any atom is 0.215 e. The highest BCUT2D eigenvalue weighted by molar-refractivity contribution is 5.73. The molecule has 0 saturated heterocycles. The summed E-state index contributed by atoms with van der Waals surface area (Å²) in [5, 5.41) is 3.18. The number of nitrogens with one attached hydrogen (secondary N) is 1. The van der Waals surface area contributed by atoms with Gasteiger partial charge in [-0.2, -0.15) is 0 Å². The standard InChI is InChI=1S/C12H16N2O/c1-8-5-6-9-10(7-8)15-11(14-9)12(2,3)13-4/h5-7,13H,1-4H3. The van der Waals surface area contributed by atoms with E-state index in [1.54, 1.807) is 0 Å². The van der Waals surface area contributed by atoms with E-state index in [1.165, 1.54) is 5.56 Å². The molecule has 1 aromatic heterocycles. The summed E-state index contributed by atoms with van der Waals surface area (Å²) in [6, 6.07) is 6.04. The molecule has 0 fully saturated rings. The van der Waals surface area contributed by atoms with Crippen LogP contribution in [0, 0.1) is 6.92 Å². The Balaban J connectivity index is 2.56. The molecule has 15 heavy (non-hydrogen) atoms. The fourth-order valence-electron chi connectivity index (χ4n) is 1.41. The minimum absolute atomic E-state index is 0.229. The number of hydrogen-bond donors (Lipinski definition) is 1. The van der Waals surface area contributed by atoms with Crippen molar-refractivity contribution in [3.05, 3.63) is 29.7 Å². The molecule has 2 aromatic rings. The van der Waals surface area contributed by atoms with Crippen molar-refractivity contribution < 1.29 is 4.42 Å². The molecule has 1 heterocycles. The van der Waals surface area contributed by atoms with Crippen LogP contribution in [0.5, 0.6) is 0 Å². The summed E-state index contributed by atoms with van der Waals surface area (Å²) in [7, 11) is 1.90. The van der Waals surface area contributed by atoms with Gasteiger partial charge in [-0.1, -0.05) is 6.07 Å². The lowest BCUT2D eigenvalue weighted by atomic mass is 10.1. The van der Waals surface area contributed by atoms with Crippen molar-refractivity contribution >= 4 is 11.1 Å². The number of nitrogens with zero attached hydrogens (tertiary/aromatic N) is 1. The van der Waals surface area contributed by atoms with E-state index in [9.17, 15) is 0 Å². The monoisotopic (exact) mass is 204 g/mol. The van der Waals surface area contributed by atoms with Gasteiger partial charge in [0, 0.05) is 0 Å². The van der Waals surface area contributed by atoms with Crippen molar-refractivity contribution in [1.82, 2.24) is 10.3 Å². The van der Waals surface area contributed by atoms with Crippen LogP contribution in [0.3, 0.4) is 0 Å². The first kappa shape index (κ1) is 10.2. The largest absolute Gasteiger partial charge is 0.439 e. The smallest absolute Gasteiger partial charge is 0.215 e. The molecular formula is C12H16N2O. The van der Waals surface area contributed by atoms with Gasteiger partial charge in [-0.05, 0) is 45.5 Å². The second-order valence-corrected chi connectivity index (χ2v) is 4.37. The number of aromatic nitrogens is 1. The highest BCUT2D eigenvalue weighted by Crippen LogP contribution is 2.24. The molecule has 3 heteroatoms. The Bertz CT molecular complexity index is 485. The average Bonchev–Trinajstić information content (AvgIpc) is 2.61. The zero-order valence-electron chi connectivity index (χ0n) is 9.59. The second-order valence-electron chi connectivity index (χ2n) is 4.37. The minimum atomic E-state index is -0.229. The third-order valence-electron chi connectivity index (χ3n) is 2.70. The third-order valence-corrected chi connectivity index (χ3v) is 2.70. The molecule has 0 spiro atoms. The molecular weight excluding hydrogens is 188 g/mol. The molecule has 0 aliphatic rings. The van der Waals surface area contributed by atoms with Crippen LogP contribution in [0.2, 0.25) is 0 Å². The van der Waals surface area contributed by atoms with Crippen molar-refractivity contribution in [2.75, 3.05) is 7.05 Å². The van der Waals surface area contributed by atoms with Crippen molar-refractivity contribution in [1.29, 1.82) is 0 Å². The van der Waals surface area contributed by atoms with E-state index in [2.05, 4.69) is 10.3 Å². The Morgan fingerprint density at radius 1 is 1.33 bits per heavy atom. The molecule has 1 N–H and O–H groups in total. The molecule has 0 atom stereocenters. The topological polar surface area (TPSA) is 38.1 Å². The van der Waals surface area contributed by atoms with Gasteiger partial charge in [0.15, 0.2) is 5.58 Å². The van der Waals surface area contributed by atoms with Crippen LogP contribution in [0.4, 0.5) is 0 Å². The molecule has 2 rings (SSSR count). The Morgan fingerprint density at radius 3 is 2.73 bits per heavy atom. The predicted octanol–water partition coefficient (Wildman–Crippen LogP) is 2.59. The molecule has 1 aromatic carbocycles. The van der Waals surface area contributed by atoms with Crippen molar-refractivity contribution in [3.63, 3.8) is 0 Å². The number of rotatable bonds is 2. The Morgan fingerprint density at radius 2 is 2.07 bits per heavy atom. The first-order chi connectivity index (χ1) is 7.03. The molecule has 80 valence electrons. The fourth-order valence-corrected chi connectivity index (χ4v) is 1.41. The second kappa shape index (κ2) is 3.35. The Labute approximate surface area is 89.5 Å². The van der Waals surface area contributed by atoms with Crippen molar-refractivity contribution in [2.45, 2.75) is 26.3 Å². The van der Waals surface area contributed by atoms with E-state index in [4.69, 9.17) is 4.42 Å². The van der Waals surface area contributed by atoms with Crippen LogP contribution < -0.4 is 5.32 Å². The van der Waals surface area contributed by atoms with Crippen LogP contribution in [0.15, 0.2) is 22.6 Å². The van der Waals surface area contributed by atoms with E-state index in [0.29, 0.717) is 0 Å². The highest BCUT2D eigenvalue weighted by Gasteiger charge is 2.24. The number of benzene rings is 1. The predicted molar refractivity (Wildman–Crippen MR) is 60.8 cm³/mol. The summed E-state index contributed by atoms with van der Waals surface area (Å²) < 4.78 is 5.73. The first-order valence-corrected chi connectivity index (χ1v) is 5.09. The van der Waals surface area contributed by atoms with Crippen molar-refractivity contribution in [3.8, 4) is 0 Å². The number of oxazole rings is 1. The number of aryl methyl sites for hydroxylation is 1. The molecule has 0 radical (unpaired) electrons. The summed E-state index contributed by atoms with van der Waals surface area (Å²) in [6.07, 6.45) is 0. The highest BCUT2D eigenvalue weighted by atomic mass is 16.4. The van der Waals surface area contributed by atoms with E-state index < -0.39 is 0 Å². The minimum Gasteiger partial charge on any atom is -0.439 e. The summed E-state index contributed by atoms with van der Waals surface area (Å²) in [5.74, 6) is 0.727. The van der Waals surface area contributed by atoms with E-state index in [0.717, 1.165) is 17.0 Å². The fraction of sp³-hybridized carbons (Fsp3) is 0.417. The van der Waals surface area contributed by atoms with Gasteiger partial charge in [-0.25, -0.2) is 4.98 Å². The lowest BCUT2D eigenvalue weighted by Crippen LogP contribution is -2.33. The number of hydrogen-bond acceptors (Lipinski definition) is 3. The van der Waals surface area contributed by atoms with Gasteiger partial charge in [0.2, 0.25) is 5.89 Å². The van der Waals surface area contributed by atoms with Crippen molar-refractivity contribution in [2.24, 2.45) is 0 Å². The normalized spacial score (nSPS) is 12.3. The first-order valence-electron chi connectivity index (χ1n) is 5.09. The summed E-state index contributed by atoms with van der Waals surface area (Å²) in [5.41, 5.74) is 2.73. The molecule has 0 aliphatic carbocycles. The molecule has 0 aliphatic heterocycles. The lowest BCUT2D eigenvalue weighted by Gasteiger charge is -2.18. The van der Waals surface area contributed by atoms with Crippen LogP contribution in [0.25, 0.3) is 11.1 Å². The maximum absolute atomic E-state index is 5.73. The van der Waals surface area contributed by atoms with Gasteiger partial charge < -0.3 is 9.73 Å². The van der Waals surface area contributed by atoms with E-state index in [1.807, 2.05) is 46.0 Å². The Hall–Kier alpha value is -1.35. The van der Waals surface area contributed by atoms with Gasteiger partial charge in [0.1, 0.15) is 5.52 Å². The molecule has 0 saturated carbocycles. The zero-order valence-corrected chi connectivity index (χ0v) is 9.59. The maximum atomic E-state index is 5.73. The summed E-state index contributed by atoms with van der Waals surface area (Å²) in [6.45, 7) is 6.14. The number of fused-ring (bicyclic) bond motifs is 1. The summed E-state index contributed by atoms with van der Waals surface area (Å²) in [4.78, 5) is 4.47. The Kier molecular flexibility index (Phi) is 2.27. The lowest BCUT2D eigenvalue weighted by molar-refractivity contribution is 0.338. The molecule has 0 amide bonds. The van der Waals surface area contributed by atoms with Crippen LogP contribution in [-0.4, -0.2) is 12.0 Å². The van der Waals surface area contributed by atoms with Crippen LogP contribution in [0.1, 0.15) is 25.3 Å². The van der Waals surface area contributed by atoms with Gasteiger partial charge in [0.25, 0.3) is 0 Å². The third kappa shape index (κ3) is 1.75. The average molecular weight is 204 g/mol. The quantitative estimate of drug-likeness (QED) is 0.817. The van der Waals surface area contributed by atoms with Crippen LogP contribution in [-0.2, 0) is 5.54 Å². The molecule has 3 nitrogen and oxygen atoms in total. The van der Waals surface area contributed by atoms with Gasteiger partial charge in [0.05, 0.1) is 5.54 Å². The SMILES string of the molecule is CNC(C)(C)c1nc2ccc(C)cc2o1. The van der Waals surface area contributed by atoms with Crippen LogP contribution >= 0.6 is 0 Å². The van der Waals surface area contributed by atoms with Gasteiger partial charge in [-0.3, -0.25) is 0 Å². The van der Waals surface area contributed by atoms with E-state index >= 15 is 0 Å². The molecule has 0 unspecified atom stereocenters. The van der Waals surface area contributed by atoms with Gasteiger partial charge in [-0.15, -0.1) is 0 Å². The zero-order chi connectivity index (χ0) is 11.1.